The summed E-state index contributed by atoms with van der Waals surface area (Å²) in [7, 11) is 0. The Bertz CT molecular complexity index is 822. The van der Waals surface area contributed by atoms with Crippen molar-refractivity contribution in [2.45, 2.75) is 13.8 Å². The summed E-state index contributed by atoms with van der Waals surface area (Å²) in [5, 5.41) is 9.58. The van der Waals surface area contributed by atoms with Crippen molar-refractivity contribution in [1.29, 1.82) is 0 Å². The SMILES string of the molecule is CC(=O)Nc1cc(C)nn1-c1nc(-c2ccc(F)cc2)cs1. The van der Waals surface area contributed by atoms with E-state index in [4.69, 9.17) is 0 Å². The Hall–Kier alpha value is -2.54. The summed E-state index contributed by atoms with van der Waals surface area (Å²) in [5.74, 6) is 0.122. The highest BCUT2D eigenvalue weighted by atomic mass is 32.1. The molecule has 5 nitrogen and oxygen atoms in total. The number of thiazole rings is 1. The van der Waals surface area contributed by atoms with Crippen LogP contribution in [0.25, 0.3) is 16.4 Å². The van der Waals surface area contributed by atoms with Crippen LogP contribution < -0.4 is 5.32 Å². The summed E-state index contributed by atoms with van der Waals surface area (Å²) in [6.07, 6.45) is 0. The minimum atomic E-state index is -0.283. The third kappa shape index (κ3) is 2.89. The second-order valence-electron chi connectivity index (χ2n) is 4.79. The van der Waals surface area contributed by atoms with Gasteiger partial charge in [0, 0.05) is 23.9 Å². The monoisotopic (exact) mass is 316 g/mol. The van der Waals surface area contributed by atoms with Crippen molar-refractivity contribution in [1.82, 2.24) is 14.8 Å². The van der Waals surface area contributed by atoms with Crippen molar-refractivity contribution >= 4 is 23.1 Å². The summed E-state index contributed by atoms with van der Waals surface area (Å²) in [6.45, 7) is 3.29. The first-order valence-corrected chi connectivity index (χ1v) is 7.47. The van der Waals surface area contributed by atoms with Crippen molar-refractivity contribution in [3.05, 3.63) is 47.2 Å². The van der Waals surface area contributed by atoms with Gasteiger partial charge in [0.15, 0.2) is 0 Å². The normalized spacial score (nSPS) is 10.7. The third-order valence-corrected chi connectivity index (χ3v) is 3.77. The van der Waals surface area contributed by atoms with E-state index in [9.17, 15) is 9.18 Å². The molecule has 2 heterocycles. The number of anilines is 1. The predicted octanol–water partition coefficient (Wildman–Crippen LogP) is 3.40. The molecule has 3 aromatic rings. The third-order valence-electron chi connectivity index (χ3n) is 2.95. The van der Waals surface area contributed by atoms with Crippen LogP contribution >= 0.6 is 11.3 Å². The van der Waals surface area contributed by atoms with Crippen molar-refractivity contribution in [2.24, 2.45) is 0 Å². The molecule has 0 aliphatic rings. The van der Waals surface area contributed by atoms with E-state index < -0.39 is 0 Å². The smallest absolute Gasteiger partial charge is 0.222 e. The second kappa shape index (κ2) is 5.69. The molecular formula is C15H13FN4OS. The maximum absolute atomic E-state index is 13.0. The van der Waals surface area contributed by atoms with Crippen LogP contribution in [0.5, 0.6) is 0 Å². The van der Waals surface area contributed by atoms with Gasteiger partial charge in [-0.2, -0.15) is 9.78 Å². The first-order chi connectivity index (χ1) is 10.5. The highest BCUT2D eigenvalue weighted by molar-refractivity contribution is 7.12. The number of amides is 1. The van der Waals surface area contributed by atoms with E-state index in [1.807, 2.05) is 12.3 Å². The lowest BCUT2D eigenvalue weighted by atomic mass is 10.2. The number of nitrogens with one attached hydrogen (secondary N) is 1. The Morgan fingerprint density at radius 3 is 2.73 bits per heavy atom. The molecule has 0 saturated heterocycles. The molecule has 0 fully saturated rings. The summed E-state index contributed by atoms with van der Waals surface area (Å²) in [5.41, 5.74) is 2.35. The van der Waals surface area contributed by atoms with Gasteiger partial charge in [-0.3, -0.25) is 4.79 Å². The van der Waals surface area contributed by atoms with Crippen LogP contribution in [0, 0.1) is 12.7 Å². The van der Waals surface area contributed by atoms with E-state index >= 15 is 0 Å². The quantitative estimate of drug-likeness (QED) is 0.805. The van der Waals surface area contributed by atoms with Gasteiger partial charge in [0.1, 0.15) is 11.6 Å². The van der Waals surface area contributed by atoms with Gasteiger partial charge in [-0.1, -0.05) is 0 Å². The van der Waals surface area contributed by atoms with Crippen molar-refractivity contribution < 1.29 is 9.18 Å². The Balaban J connectivity index is 1.97. The van der Waals surface area contributed by atoms with Crippen LogP contribution in [-0.4, -0.2) is 20.7 Å². The lowest BCUT2D eigenvalue weighted by molar-refractivity contribution is -0.114. The molecule has 1 N–H and O–H groups in total. The molecule has 0 bridgehead atoms. The molecule has 0 saturated carbocycles. The van der Waals surface area contributed by atoms with Gasteiger partial charge >= 0.3 is 0 Å². The number of rotatable bonds is 3. The number of hydrogen-bond donors (Lipinski definition) is 1. The van der Waals surface area contributed by atoms with E-state index in [1.54, 1.807) is 22.9 Å². The van der Waals surface area contributed by atoms with Crippen LogP contribution in [0.1, 0.15) is 12.6 Å². The van der Waals surface area contributed by atoms with Gasteiger partial charge in [0.2, 0.25) is 11.0 Å². The summed E-state index contributed by atoms with van der Waals surface area (Å²) in [4.78, 5) is 15.8. The fourth-order valence-corrected chi connectivity index (χ4v) is 2.83. The number of hydrogen-bond acceptors (Lipinski definition) is 4. The largest absolute Gasteiger partial charge is 0.311 e. The Kier molecular flexibility index (Phi) is 3.72. The summed E-state index contributed by atoms with van der Waals surface area (Å²) >= 11 is 1.40. The predicted molar refractivity (Wildman–Crippen MR) is 83.7 cm³/mol. The number of nitrogens with zero attached hydrogens (tertiary/aromatic N) is 3. The zero-order chi connectivity index (χ0) is 15.7. The molecular weight excluding hydrogens is 303 g/mol. The molecule has 0 spiro atoms. The van der Waals surface area contributed by atoms with Crippen molar-refractivity contribution in [3.63, 3.8) is 0 Å². The standard InChI is InChI=1S/C15H13FN4OS/c1-9-7-14(17-10(2)21)20(19-9)15-18-13(8-22-15)11-3-5-12(16)6-4-11/h3-8H,1-2H3,(H,17,21). The van der Waals surface area contributed by atoms with E-state index in [0.29, 0.717) is 10.9 Å². The maximum Gasteiger partial charge on any atom is 0.222 e. The fourth-order valence-electron chi connectivity index (χ4n) is 2.03. The lowest BCUT2D eigenvalue weighted by Crippen LogP contribution is -2.10. The molecule has 2 aromatic heterocycles. The van der Waals surface area contributed by atoms with Gasteiger partial charge in [-0.25, -0.2) is 9.37 Å². The van der Waals surface area contributed by atoms with E-state index in [2.05, 4.69) is 15.4 Å². The van der Waals surface area contributed by atoms with Crippen LogP contribution in [0.3, 0.4) is 0 Å². The summed E-state index contributed by atoms with van der Waals surface area (Å²) < 4.78 is 14.6. The summed E-state index contributed by atoms with van der Waals surface area (Å²) in [6, 6.07) is 7.93. The van der Waals surface area contributed by atoms with Crippen LogP contribution in [0.15, 0.2) is 35.7 Å². The first kappa shape index (κ1) is 14.4. The fraction of sp³-hybridized carbons (Fsp3) is 0.133. The Morgan fingerprint density at radius 1 is 1.32 bits per heavy atom. The molecule has 0 aliphatic heterocycles. The minimum absolute atomic E-state index is 0.170. The number of aromatic nitrogens is 3. The Labute approximate surface area is 130 Å². The van der Waals surface area contributed by atoms with Crippen LogP contribution in [0.2, 0.25) is 0 Å². The number of aryl methyl sites for hydroxylation is 1. The molecule has 1 aromatic carbocycles. The number of carbonyl (C=O) groups excluding carboxylic acids is 1. The van der Waals surface area contributed by atoms with Crippen molar-refractivity contribution in [2.75, 3.05) is 5.32 Å². The van der Waals surface area contributed by atoms with Gasteiger partial charge < -0.3 is 5.32 Å². The first-order valence-electron chi connectivity index (χ1n) is 6.59. The number of carbonyl (C=O) groups is 1. The molecule has 0 unspecified atom stereocenters. The van der Waals surface area contributed by atoms with Crippen LogP contribution in [-0.2, 0) is 4.79 Å². The van der Waals surface area contributed by atoms with Crippen molar-refractivity contribution in [3.8, 4) is 16.4 Å². The van der Waals surface area contributed by atoms with E-state index in [-0.39, 0.29) is 11.7 Å². The van der Waals surface area contributed by atoms with Gasteiger partial charge in [0.25, 0.3) is 0 Å². The van der Waals surface area contributed by atoms with E-state index in [0.717, 1.165) is 17.0 Å². The second-order valence-corrected chi connectivity index (χ2v) is 5.62. The molecule has 112 valence electrons. The molecule has 0 aliphatic carbocycles. The van der Waals surface area contributed by atoms with Gasteiger partial charge in [-0.15, -0.1) is 11.3 Å². The topological polar surface area (TPSA) is 59.8 Å². The van der Waals surface area contributed by atoms with Gasteiger partial charge in [-0.05, 0) is 31.2 Å². The highest BCUT2D eigenvalue weighted by Gasteiger charge is 2.13. The zero-order valence-electron chi connectivity index (χ0n) is 12.0. The maximum atomic E-state index is 13.0. The number of benzene rings is 1. The lowest BCUT2D eigenvalue weighted by Gasteiger charge is -2.03. The average Bonchev–Trinajstić information content (AvgIpc) is 3.06. The minimum Gasteiger partial charge on any atom is -0.311 e. The van der Waals surface area contributed by atoms with E-state index in [1.165, 1.54) is 30.4 Å². The molecule has 7 heteroatoms. The highest BCUT2D eigenvalue weighted by Crippen LogP contribution is 2.26. The molecule has 1 amide bonds. The molecule has 0 radical (unpaired) electrons. The number of halogens is 1. The zero-order valence-corrected chi connectivity index (χ0v) is 12.8. The molecule has 22 heavy (non-hydrogen) atoms. The molecule has 3 rings (SSSR count). The van der Waals surface area contributed by atoms with Gasteiger partial charge in [0.05, 0.1) is 11.4 Å². The molecule has 0 atom stereocenters. The van der Waals surface area contributed by atoms with Crippen LogP contribution in [0.4, 0.5) is 10.2 Å². The average molecular weight is 316 g/mol. The Morgan fingerprint density at radius 2 is 2.05 bits per heavy atom.